The Morgan fingerprint density at radius 2 is 2.47 bits per heavy atom. The van der Waals surface area contributed by atoms with Crippen LogP contribution in [0.15, 0.2) is 22.5 Å². The summed E-state index contributed by atoms with van der Waals surface area (Å²) in [5.41, 5.74) is 3.89. The van der Waals surface area contributed by atoms with Crippen LogP contribution in [0.25, 0.3) is 0 Å². The summed E-state index contributed by atoms with van der Waals surface area (Å²) < 4.78 is 4.87. The Morgan fingerprint density at radius 1 is 1.60 bits per heavy atom. The number of thiazole rings is 1. The third kappa shape index (κ3) is 2.43. The number of aryl methyl sites for hydroxylation is 1. The van der Waals surface area contributed by atoms with Gasteiger partial charge in [-0.05, 0) is 13.8 Å². The third-order valence-electron chi connectivity index (χ3n) is 2.30. The van der Waals surface area contributed by atoms with Gasteiger partial charge < -0.3 is 9.84 Å². The van der Waals surface area contributed by atoms with Gasteiger partial charge in [0.1, 0.15) is 12.0 Å². The van der Waals surface area contributed by atoms with E-state index in [4.69, 9.17) is 4.52 Å². The first-order chi connectivity index (χ1) is 7.27. The quantitative estimate of drug-likeness (QED) is 0.864. The summed E-state index contributed by atoms with van der Waals surface area (Å²) in [5, 5.41) is 7.30. The highest BCUT2D eigenvalue weighted by Gasteiger charge is 2.08. The fourth-order valence-corrected chi connectivity index (χ4v) is 1.92. The predicted molar refractivity (Wildman–Crippen MR) is 58.6 cm³/mol. The Morgan fingerprint density at radius 3 is 3.07 bits per heavy atom. The van der Waals surface area contributed by atoms with Crippen molar-refractivity contribution in [3.05, 3.63) is 34.1 Å². The summed E-state index contributed by atoms with van der Waals surface area (Å²) in [5.74, 6) is 0. The van der Waals surface area contributed by atoms with E-state index < -0.39 is 0 Å². The first kappa shape index (κ1) is 10.3. The molecule has 0 amide bonds. The van der Waals surface area contributed by atoms with E-state index in [1.54, 1.807) is 17.6 Å². The van der Waals surface area contributed by atoms with Crippen LogP contribution < -0.4 is 5.32 Å². The van der Waals surface area contributed by atoms with Crippen molar-refractivity contribution in [3.8, 4) is 0 Å². The third-order valence-corrected chi connectivity index (χ3v) is 3.26. The molecule has 1 N–H and O–H groups in total. The van der Waals surface area contributed by atoms with Crippen LogP contribution in [-0.4, -0.2) is 10.1 Å². The lowest BCUT2D eigenvalue weighted by atomic mass is 10.2. The van der Waals surface area contributed by atoms with Gasteiger partial charge in [-0.2, -0.15) is 0 Å². The maximum Gasteiger partial charge on any atom is 0.127 e. The molecule has 0 saturated carbocycles. The van der Waals surface area contributed by atoms with Crippen molar-refractivity contribution >= 4 is 11.3 Å². The molecule has 2 aromatic heterocycles. The van der Waals surface area contributed by atoms with Crippen molar-refractivity contribution in [3.63, 3.8) is 0 Å². The van der Waals surface area contributed by atoms with E-state index in [9.17, 15) is 0 Å². The van der Waals surface area contributed by atoms with Crippen molar-refractivity contribution in [2.24, 2.45) is 0 Å². The first-order valence-electron chi connectivity index (χ1n) is 4.79. The van der Waals surface area contributed by atoms with Gasteiger partial charge in [0, 0.05) is 29.2 Å². The van der Waals surface area contributed by atoms with Crippen molar-refractivity contribution in [2.75, 3.05) is 0 Å². The van der Waals surface area contributed by atoms with E-state index in [0.29, 0.717) is 6.04 Å². The molecule has 0 aliphatic rings. The normalized spacial score (nSPS) is 12.9. The predicted octanol–water partition coefficient (Wildman–Crippen LogP) is 2.29. The molecule has 4 nitrogen and oxygen atoms in total. The molecular weight excluding hydrogens is 210 g/mol. The second kappa shape index (κ2) is 4.55. The summed E-state index contributed by atoms with van der Waals surface area (Å²) in [6, 6.07) is 0.300. The van der Waals surface area contributed by atoms with Crippen molar-refractivity contribution in [1.29, 1.82) is 0 Å². The van der Waals surface area contributed by atoms with Crippen LogP contribution in [-0.2, 0) is 6.54 Å². The standard InChI is InChI=1S/C10H13N3OS/c1-7-5-14-13-9(7)3-12-8(2)10-4-11-6-15-10/h4-6,8,12H,3H2,1-2H3. The summed E-state index contributed by atoms with van der Waals surface area (Å²) in [6.07, 6.45) is 3.55. The molecule has 1 atom stereocenters. The maximum absolute atomic E-state index is 4.87. The van der Waals surface area contributed by atoms with Gasteiger partial charge in [0.05, 0.1) is 5.51 Å². The van der Waals surface area contributed by atoms with Crippen molar-refractivity contribution in [2.45, 2.75) is 26.4 Å². The largest absolute Gasteiger partial charge is 0.364 e. The van der Waals surface area contributed by atoms with Crippen LogP contribution >= 0.6 is 11.3 Å². The molecule has 0 spiro atoms. The molecule has 15 heavy (non-hydrogen) atoms. The molecule has 0 aliphatic carbocycles. The van der Waals surface area contributed by atoms with Gasteiger partial charge in [-0.3, -0.25) is 4.98 Å². The Kier molecular flexibility index (Phi) is 3.13. The van der Waals surface area contributed by atoms with Crippen molar-refractivity contribution in [1.82, 2.24) is 15.5 Å². The first-order valence-corrected chi connectivity index (χ1v) is 5.67. The van der Waals surface area contributed by atoms with Crippen LogP contribution in [0.4, 0.5) is 0 Å². The van der Waals surface area contributed by atoms with E-state index in [2.05, 4.69) is 22.4 Å². The number of hydrogen-bond donors (Lipinski definition) is 1. The Hall–Kier alpha value is -1.20. The van der Waals surface area contributed by atoms with E-state index in [1.807, 2.05) is 18.6 Å². The number of nitrogens with one attached hydrogen (secondary N) is 1. The second-order valence-electron chi connectivity index (χ2n) is 3.45. The van der Waals surface area contributed by atoms with E-state index in [0.717, 1.165) is 17.8 Å². The molecular formula is C10H13N3OS. The van der Waals surface area contributed by atoms with Gasteiger partial charge in [0.2, 0.25) is 0 Å². The average molecular weight is 223 g/mol. The highest BCUT2D eigenvalue weighted by atomic mass is 32.1. The van der Waals surface area contributed by atoms with E-state index >= 15 is 0 Å². The summed E-state index contributed by atoms with van der Waals surface area (Å²) in [6.45, 7) is 4.83. The average Bonchev–Trinajstić information content (AvgIpc) is 2.85. The molecule has 2 heterocycles. The minimum atomic E-state index is 0.300. The molecule has 0 fully saturated rings. The highest BCUT2D eigenvalue weighted by Crippen LogP contribution is 2.17. The molecule has 2 aromatic rings. The van der Waals surface area contributed by atoms with Gasteiger partial charge in [-0.15, -0.1) is 11.3 Å². The topological polar surface area (TPSA) is 51.0 Å². The molecule has 0 aromatic carbocycles. The van der Waals surface area contributed by atoms with Gasteiger partial charge in [-0.25, -0.2) is 0 Å². The van der Waals surface area contributed by atoms with E-state index in [1.165, 1.54) is 4.88 Å². The lowest BCUT2D eigenvalue weighted by Crippen LogP contribution is -2.17. The smallest absolute Gasteiger partial charge is 0.127 e. The zero-order valence-electron chi connectivity index (χ0n) is 8.73. The summed E-state index contributed by atoms with van der Waals surface area (Å²) >= 11 is 1.65. The zero-order valence-corrected chi connectivity index (χ0v) is 9.54. The molecule has 5 heteroatoms. The molecule has 0 aliphatic heterocycles. The molecule has 0 radical (unpaired) electrons. The number of rotatable bonds is 4. The van der Waals surface area contributed by atoms with Gasteiger partial charge in [0.25, 0.3) is 0 Å². The summed E-state index contributed by atoms with van der Waals surface area (Å²) in [4.78, 5) is 5.28. The Bertz CT molecular complexity index is 410. The highest BCUT2D eigenvalue weighted by molar-refractivity contribution is 7.09. The van der Waals surface area contributed by atoms with Crippen LogP contribution in [0.3, 0.4) is 0 Å². The van der Waals surface area contributed by atoms with Gasteiger partial charge in [-0.1, -0.05) is 5.16 Å². The molecule has 1 unspecified atom stereocenters. The maximum atomic E-state index is 4.87. The Labute approximate surface area is 92.3 Å². The van der Waals surface area contributed by atoms with Crippen LogP contribution in [0.1, 0.15) is 29.1 Å². The van der Waals surface area contributed by atoms with Crippen LogP contribution in [0.5, 0.6) is 0 Å². The Balaban J connectivity index is 1.91. The SMILES string of the molecule is Cc1conc1CNC(C)c1cncs1. The van der Waals surface area contributed by atoms with Crippen molar-refractivity contribution < 1.29 is 4.52 Å². The fraction of sp³-hybridized carbons (Fsp3) is 0.400. The summed E-state index contributed by atoms with van der Waals surface area (Å²) in [7, 11) is 0. The minimum absolute atomic E-state index is 0.300. The second-order valence-corrected chi connectivity index (χ2v) is 4.37. The number of aromatic nitrogens is 2. The monoisotopic (exact) mass is 223 g/mol. The van der Waals surface area contributed by atoms with Gasteiger partial charge >= 0.3 is 0 Å². The minimum Gasteiger partial charge on any atom is -0.364 e. The van der Waals surface area contributed by atoms with Crippen LogP contribution in [0, 0.1) is 6.92 Å². The van der Waals surface area contributed by atoms with Gasteiger partial charge in [0.15, 0.2) is 0 Å². The molecule has 0 bridgehead atoms. The fourth-order valence-electron chi connectivity index (χ4n) is 1.27. The molecule has 80 valence electrons. The lowest BCUT2D eigenvalue weighted by molar-refractivity contribution is 0.406. The number of nitrogens with zero attached hydrogens (tertiary/aromatic N) is 2. The lowest BCUT2D eigenvalue weighted by Gasteiger charge is -2.09. The van der Waals surface area contributed by atoms with Crippen LogP contribution in [0.2, 0.25) is 0 Å². The molecule has 0 saturated heterocycles. The zero-order chi connectivity index (χ0) is 10.7. The molecule has 2 rings (SSSR count). The number of hydrogen-bond acceptors (Lipinski definition) is 5. The van der Waals surface area contributed by atoms with E-state index in [-0.39, 0.29) is 0 Å².